The minimum atomic E-state index is -1.12. The number of ether oxygens (including phenoxy) is 1. The third-order valence-electron chi connectivity index (χ3n) is 18.2. The summed E-state index contributed by atoms with van der Waals surface area (Å²) in [5.74, 6) is -8.09. The van der Waals surface area contributed by atoms with Crippen LogP contribution >= 0.6 is 0 Å². The van der Waals surface area contributed by atoms with Crippen LogP contribution in [-0.4, -0.2) is 228 Å². The van der Waals surface area contributed by atoms with Crippen LogP contribution in [0.1, 0.15) is 193 Å². The first-order chi connectivity index (χ1) is 60.4. The third-order valence-corrected chi connectivity index (χ3v) is 18.2. The predicted octanol–water partition coefficient (Wildman–Crippen LogP) is 12.9. The number of likely N-dealkylation sites (N-methyl/N-ethyl adjacent to an activating group) is 1. The molecule has 2 aromatic carbocycles. The van der Waals surface area contributed by atoms with E-state index in [-0.39, 0.29) is 67.1 Å². The summed E-state index contributed by atoms with van der Waals surface area (Å²) >= 11 is 0. The number of fused-ring (bicyclic) bond motifs is 1. The zero-order valence-corrected chi connectivity index (χ0v) is 69.6. The highest BCUT2D eigenvalue weighted by Crippen LogP contribution is 2.28. The second-order valence-electron chi connectivity index (χ2n) is 27.9. The van der Waals surface area contributed by atoms with Crippen LogP contribution in [0.15, 0.2) is 199 Å². The van der Waals surface area contributed by atoms with Crippen molar-refractivity contribution in [3.05, 3.63) is 236 Å². The average molecular weight is 1750 g/mol. The number of benzene rings is 2. The second-order valence-corrected chi connectivity index (χ2v) is 27.9. The Balaban J connectivity index is 0.000000356. The normalized spacial score (nSPS) is 13.9. The number of hydrogen-bond acceptors (Lipinski definition) is 24. The van der Waals surface area contributed by atoms with E-state index < -0.39 is 71.6 Å². The average Bonchev–Trinajstić information content (AvgIpc) is 1.71. The molecule has 0 bridgehead atoms. The molecule has 1 saturated carbocycles. The van der Waals surface area contributed by atoms with Crippen LogP contribution in [-0.2, 0) is 68.8 Å². The molecule has 3 saturated heterocycles. The highest BCUT2D eigenvalue weighted by molar-refractivity contribution is 5.87. The van der Waals surface area contributed by atoms with Gasteiger partial charge >= 0.3 is 71.6 Å². The van der Waals surface area contributed by atoms with Crippen molar-refractivity contribution in [3.8, 4) is 11.1 Å². The minimum Gasteiger partial charge on any atom is -0.481 e. The Morgan fingerprint density at radius 2 is 1.00 bits per heavy atom. The number of aliphatic carboxylic acids is 8. The Kier molecular flexibility index (Phi) is 53.5. The number of hydrogen-bond donors (Lipinski definition) is 15. The van der Waals surface area contributed by atoms with E-state index in [1.165, 1.54) is 106 Å². The Labute approximate surface area is 724 Å². The van der Waals surface area contributed by atoms with Crippen molar-refractivity contribution in [2.24, 2.45) is 11.8 Å². The van der Waals surface area contributed by atoms with Crippen molar-refractivity contribution in [3.63, 3.8) is 0 Å². The maximum Gasteiger partial charge on any atom is 0.373 e. The van der Waals surface area contributed by atoms with Crippen molar-refractivity contribution >= 4 is 82.5 Å². The zero-order valence-electron chi connectivity index (χ0n) is 69.6. The lowest BCUT2D eigenvalue weighted by Crippen LogP contribution is -2.32. The summed E-state index contributed by atoms with van der Waals surface area (Å²) in [5, 5.41) is 105. The first-order valence-electron chi connectivity index (χ1n) is 40.1. The molecule has 678 valence electrons. The summed E-state index contributed by atoms with van der Waals surface area (Å²) in [4.78, 5) is 156. The number of aromatic nitrogens is 9. The number of carboxylic acid groups (broad SMARTS) is 12. The molecule has 2 unspecified atom stereocenters. The molecular formula is C88H109N11O27. The molecule has 3 aliphatic heterocycles. The lowest BCUT2D eigenvalue weighted by molar-refractivity contribution is -0.142. The molecule has 14 rings (SSSR count). The lowest BCUT2D eigenvalue weighted by Gasteiger charge is -2.21. The quantitative estimate of drug-likeness (QED) is 0.0227. The molecule has 126 heavy (non-hydrogen) atoms. The monoisotopic (exact) mass is 1750 g/mol. The van der Waals surface area contributed by atoms with Gasteiger partial charge in [-0.2, -0.15) is 0 Å². The Bertz CT molecular complexity index is 4560. The van der Waals surface area contributed by atoms with Gasteiger partial charge in [0.05, 0.1) is 56.0 Å². The highest BCUT2D eigenvalue weighted by Gasteiger charge is 2.27. The van der Waals surface area contributed by atoms with Gasteiger partial charge in [0, 0.05) is 117 Å². The molecule has 11 heterocycles. The SMILES string of the molecule is CN1CCCC1C(=O)O.O=C(O)CCC1CCCC1.O=C(O)CCC1CCCO1.O=C(O)CCC1CCNCC1.O=C(O)CCc1cc2ccccc2[nH]1.O=C(O)CCc1cccnc1.O=C(O)CCc1ccco1.O=C(O)CCc1cnc[nH]1.O=C(O)c1cccnc1.O=C(O)c1ccco1.O=C(O)c1cnccn1.O=C(O)c1ncc(-c2ccccc2)cn1. The Morgan fingerprint density at radius 3 is 1.44 bits per heavy atom. The van der Waals surface area contributed by atoms with E-state index in [4.69, 9.17) is 70.4 Å². The highest BCUT2D eigenvalue weighted by atomic mass is 16.5. The number of likely N-dealkylation sites (tertiary alicyclic amines) is 1. The van der Waals surface area contributed by atoms with E-state index >= 15 is 0 Å². The smallest absolute Gasteiger partial charge is 0.373 e. The van der Waals surface area contributed by atoms with E-state index in [1.807, 2.05) is 78.7 Å². The molecule has 0 amide bonds. The summed E-state index contributed by atoms with van der Waals surface area (Å²) in [5.41, 5.74) is 5.84. The van der Waals surface area contributed by atoms with Crippen LogP contribution in [0.4, 0.5) is 0 Å². The van der Waals surface area contributed by atoms with E-state index in [9.17, 15) is 57.5 Å². The molecule has 1 aliphatic carbocycles. The number of carboxylic acids is 12. The van der Waals surface area contributed by atoms with E-state index in [0.29, 0.717) is 50.9 Å². The first kappa shape index (κ1) is 106. The number of aromatic carboxylic acids is 4. The molecule has 8 aromatic heterocycles. The van der Waals surface area contributed by atoms with Gasteiger partial charge in [-0.05, 0) is 187 Å². The Morgan fingerprint density at radius 1 is 0.437 bits per heavy atom. The van der Waals surface area contributed by atoms with E-state index in [2.05, 4.69) is 54.6 Å². The second kappa shape index (κ2) is 63.7. The summed E-state index contributed by atoms with van der Waals surface area (Å²) < 4.78 is 14.7. The molecule has 38 nitrogen and oxygen atoms in total. The van der Waals surface area contributed by atoms with Crippen molar-refractivity contribution in [2.75, 3.05) is 33.3 Å². The van der Waals surface area contributed by atoms with Gasteiger partial charge < -0.3 is 90.1 Å². The van der Waals surface area contributed by atoms with Gasteiger partial charge in [-0.3, -0.25) is 58.2 Å². The van der Waals surface area contributed by atoms with Gasteiger partial charge in [-0.1, -0.05) is 80.3 Å². The first-order valence-corrected chi connectivity index (χ1v) is 40.1. The lowest BCUT2D eigenvalue weighted by atomic mass is 9.93. The van der Waals surface area contributed by atoms with Crippen LogP contribution in [0.2, 0.25) is 0 Å². The summed E-state index contributed by atoms with van der Waals surface area (Å²) in [7, 11) is 1.85. The number of rotatable bonds is 27. The van der Waals surface area contributed by atoms with E-state index in [0.717, 1.165) is 128 Å². The molecule has 10 aromatic rings. The number of furan rings is 2. The van der Waals surface area contributed by atoms with E-state index in [1.54, 1.807) is 42.9 Å². The van der Waals surface area contributed by atoms with Crippen LogP contribution in [0.3, 0.4) is 0 Å². The van der Waals surface area contributed by atoms with Crippen LogP contribution in [0.25, 0.3) is 22.0 Å². The molecule has 0 radical (unpaired) electrons. The molecular weight excluding hydrogens is 1640 g/mol. The standard InChI is InChI=1S/C11H8N2O2.C11H11NO2.C8H15NO2.C8H9NO2.C8H14O2.C7H12O3.C7H8O3.C6H8N2O2.C6H11NO2.C6H5NO2.C5H4N2O2.C5H4O3/c14-11(15)10-12-6-9(7-13-10)8-4-2-1-3-5-8;13-11(14)6-5-9-7-8-3-1-2-4-10(8)12-9;10-8(11)2-1-7-3-5-9-6-4-7;10-8(11)4-3-7-2-1-5-9-6-7;9-8(10)6-5-7-3-1-2-4-7;2*8-7(9)4-3-6-2-1-5-10-6;9-6(10)2-1-5-3-7-4-8-5;1-7-4-2-3-5(7)6(8)9;8-6(9)5-2-1-3-7-4-5;8-5(9)4-3-6-1-2-7-4;6-5(7)4-2-1-3-8-4/h1-7H,(H,14,15);1-4,7,12H,5-6H2,(H,13,14);7,9H,1-6H2,(H,10,11);1-2,5-6H,3-4H2,(H,10,11);7H,1-6H2,(H,9,10);6H,1-5H2,(H,8,9);1-2,5H,3-4H2,(H,8,9);3-4H,1-2H2,(H,7,8)(H,9,10);5H,2-4H2,1H3,(H,8,9);1-4H,(H,8,9);1-3H,(H,8,9);1-3H,(H,6,7). The number of nitrogens with one attached hydrogen (secondary N) is 3. The zero-order chi connectivity index (χ0) is 92.7. The van der Waals surface area contributed by atoms with Crippen molar-refractivity contribution in [1.29, 1.82) is 0 Å². The number of piperidine rings is 1. The van der Waals surface area contributed by atoms with Crippen LogP contribution < -0.4 is 5.32 Å². The molecule has 38 heteroatoms. The largest absolute Gasteiger partial charge is 0.481 e. The summed E-state index contributed by atoms with van der Waals surface area (Å²) in [6, 6.07) is 32.4. The maximum atomic E-state index is 10.5. The topological polar surface area (TPSA) is 620 Å². The van der Waals surface area contributed by atoms with Crippen LogP contribution in [0, 0.1) is 11.8 Å². The molecule has 0 spiro atoms. The van der Waals surface area contributed by atoms with Crippen molar-refractivity contribution in [1.82, 2.24) is 55.1 Å². The number of H-pyrrole nitrogens is 2. The number of nitrogens with zero attached hydrogens (tertiary/aromatic N) is 8. The number of para-hydroxylation sites is 1. The summed E-state index contributed by atoms with van der Waals surface area (Å²) in [6.07, 6.45) is 36.9. The van der Waals surface area contributed by atoms with Gasteiger partial charge in [-0.25, -0.2) is 39.1 Å². The van der Waals surface area contributed by atoms with Gasteiger partial charge in [0.1, 0.15) is 11.8 Å². The third kappa shape index (κ3) is 51.5. The Hall–Kier alpha value is -14.3. The van der Waals surface area contributed by atoms with Gasteiger partial charge in [0.2, 0.25) is 11.6 Å². The van der Waals surface area contributed by atoms with Gasteiger partial charge in [0.25, 0.3) is 0 Å². The fraction of sp³-hybridized carbons (Fsp3) is 0.375. The minimum absolute atomic E-state index is 0.0231. The number of imidazole rings is 1. The molecule has 4 aliphatic rings. The number of carbonyl (C=O) groups is 12. The van der Waals surface area contributed by atoms with Gasteiger partial charge in [-0.15, -0.1) is 0 Å². The van der Waals surface area contributed by atoms with Crippen molar-refractivity contribution < 1.29 is 132 Å². The fourth-order valence-electron chi connectivity index (χ4n) is 11.7. The van der Waals surface area contributed by atoms with Crippen molar-refractivity contribution in [2.45, 2.75) is 166 Å². The number of aromatic amines is 2. The molecule has 4 fully saturated rings. The molecule has 15 N–H and O–H groups in total. The maximum absolute atomic E-state index is 10.5. The number of aryl methyl sites for hydroxylation is 4. The predicted molar refractivity (Wildman–Crippen MR) is 454 cm³/mol. The fourth-order valence-corrected chi connectivity index (χ4v) is 11.7. The molecule has 2 atom stereocenters. The number of pyridine rings is 2. The summed E-state index contributed by atoms with van der Waals surface area (Å²) in [6.45, 7) is 3.86. The van der Waals surface area contributed by atoms with Crippen LogP contribution in [0.5, 0.6) is 0 Å². The van der Waals surface area contributed by atoms with Gasteiger partial charge in [0.15, 0.2) is 5.69 Å².